The standard InChI is InChI=1S/C16H12N4O4S2/c1-17-13-9-5-2-3-7-11(9)24-16(21)15(13)20-26(22,23)12-8-4-6-10-14(12)19-25-18-10/h2-8,17,20H,1H3. The van der Waals surface area contributed by atoms with Crippen LogP contribution in [0, 0.1) is 0 Å². The Balaban J connectivity index is 1.91. The van der Waals surface area contributed by atoms with Crippen molar-refractivity contribution in [2.75, 3.05) is 17.1 Å². The third-order valence-corrected chi connectivity index (χ3v) is 5.76. The van der Waals surface area contributed by atoms with Gasteiger partial charge in [0, 0.05) is 12.4 Å². The Bertz CT molecular complexity index is 1290. The zero-order chi connectivity index (χ0) is 18.3. The van der Waals surface area contributed by atoms with Crippen molar-refractivity contribution in [3.63, 3.8) is 0 Å². The van der Waals surface area contributed by atoms with E-state index in [4.69, 9.17) is 4.42 Å². The van der Waals surface area contributed by atoms with Gasteiger partial charge in [-0.1, -0.05) is 18.2 Å². The van der Waals surface area contributed by atoms with Crippen LogP contribution >= 0.6 is 11.7 Å². The second kappa shape index (κ2) is 6.07. The molecule has 2 heterocycles. The molecule has 0 unspecified atom stereocenters. The normalized spacial score (nSPS) is 11.7. The third-order valence-electron chi connectivity index (χ3n) is 3.84. The van der Waals surface area contributed by atoms with Gasteiger partial charge in [-0.25, -0.2) is 13.2 Å². The van der Waals surface area contributed by atoms with Crippen LogP contribution in [0.4, 0.5) is 11.4 Å². The second-order valence-corrected chi connectivity index (χ2v) is 7.56. The number of para-hydroxylation sites is 1. The maximum absolute atomic E-state index is 12.9. The minimum Gasteiger partial charge on any atom is -0.421 e. The van der Waals surface area contributed by atoms with Gasteiger partial charge in [-0.15, -0.1) is 0 Å². The van der Waals surface area contributed by atoms with Crippen LogP contribution in [0.15, 0.2) is 56.6 Å². The first-order valence-electron chi connectivity index (χ1n) is 7.49. The molecule has 10 heteroatoms. The summed E-state index contributed by atoms with van der Waals surface area (Å²) in [6.07, 6.45) is 0. The molecule has 0 aliphatic carbocycles. The summed E-state index contributed by atoms with van der Waals surface area (Å²) >= 11 is 0.917. The van der Waals surface area contributed by atoms with Gasteiger partial charge in [0.2, 0.25) is 0 Å². The highest BCUT2D eigenvalue weighted by molar-refractivity contribution is 7.93. The van der Waals surface area contributed by atoms with Gasteiger partial charge in [0.25, 0.3) is 10.0 Å². The van der Waals surface area contributed by atoms with Gasteiger partial charge in [-0.3, -0.25) is 4.72 Å². The van der Waals surface area contributed by atoms with Crippen molar-refractivity contribution < 1.29 is 12.8 Å². The Morgan fingerprint density at radius 3 is 2.65 bits per heavy atom. The first-order chi connectivity index (χ1) is 12.5. The van der Waals surface area contributed by atoms with Crippen molar-refractivity contribution in [2.45, 2.75) is 4.90 Å². The number of sulfonamides is 1. The van der Waals surface area contributed by atoms with Crippen LogP contribution in [0.1, 0.15) is 0 Å². The fraction of sp³-hybridized carbons (Fsp3) is 0.0625. The van der Waals surface area contributed by atoms with Crippen LogP contribution in [-0.4, -0.2) is 24.2 Å². The molecule has 0 bridgehead atoms. The summed E-state index contributed by atoms with van der Waals surface area (Å²) in [5.74, 6) is 0. The highest BCUT2D eigenvalue weighted by Crippen LogP contribution is 2.30. The second-order valence-electron chi connectivity index (χ2n) is 5.38. The van der Waals surface area contributed by atoms with Gasteiger partial charge < -0.3 is 9.73 Å². The number of anilines is 2. The van der Waals surface area contributed by atoms with Crippen molar-refractivity contribution in [2.24, 2.45) is 0 Å². The van der Waals surface area contributed by atoms with Crippen LogP contribution in [0.25, 0.3) is 22.0 Å². The molecule has 0 fully saturated rings. The lowest BCUT2D eigenvalue weighted by Gasteiger charge is -2.13. The molecule has 2 aromatic heterocycles. The molecule has 0 atom stereocenters. The van der Waals surface area contributed by atoms with Crippen molar-refractivity contribution in [3.05, 3.63) is 52.9 Å². The zero-order valence-corrected chi connectivity index (χ0v) is 15.0. The molecular formula is C16H12N4O4S2. The van der Waals surface area contributed by atoms with Crippen LogP contribution in [-0.2, 0) is 10.0 Å². The molecular weight excluding hydrogens is 376 g/mol. The molecule has 0 radical (unpaired) electrons. The molecule has 132 valence electrons. The van der Waals surface area contributed by atoms with E-state index < -0.39 is 15.6 Å². The summed E-state index contributed by atoms with van der Waals surface area (Å²) in [6.45, 7) is 0. The van der Waals surface area contributed by atoms with Gasteiger partial charge in [-0.2, -0.15) is 8.75 Å². The number of benzene rings is 2. The number of hydrogen-bond donors (Lipinski definition) is 2. The quantitative estimate of drug-likeness (QED) is 0.517. The molecule has 4 aromatic rings. The van der Waals surface area contributed by atoms with Crippen LogP contribution in [0.2, 0.25) is 0 Å². The monoisotopic (exact) mass is 388 g/mol. The largest absolute Gasteiger partial charge is 0.421 e. The van der Waals surface area contributed by atoms with E-state index in [0.29, 0.717) is 22.2 Å². The maximum atomic E-state index is 12.9. The van der Waals surface area contributed by atoms with Crippen molar-refractivity contribution in [1.82, 2.24) is 8.75 Å². The molecule has 0 aliphatic rings. The molecule has 2 aromatic carbocycles. The summed E-state index contributed by atoms with van der Waals surface area (Å²) in [7, 11) is -2.48. The Morgan fingerprint density at radius 1 is 1.04 bits per heavy atom. The smallest absolute Gasteiger partial charge is 0.363 e. The molecule has 4 rings (SSSR count). The number of nitrogens with one attached hydrogen (secondary N) is 2. The third kappa shape index (κ3) is 2.59. The van der Waals surface area contributed by atoms with E-state index in [1.54, 1.807) is 43.4 Å². The van der Waals surface area contributed by atoms with E-state index in [-0.39, 0.29) is 16.1 Å². The summed E-state index contributed by atoms with van der Waals surface area (Å²) in [6, 6.07) is 11.5. The average Bonchev–Trinajstić information content (AvgIpc) is 3.10. The lowest BCUT2D eigenvalue weighted by molar-refractivity contribution is 0.563. The van der Waals surface area contributed by atoms with E-state index >= 15 is 0 Å². The van der Waals surface area contributed by atoms with E-state index in [2.05, 4.69) is 18.8 Å². The Kier molecular flexibility index (Phi) is 3.85. The van der Waals surface area contributed by atoms with Crippen LogP contribution in [0.3, 0.4) is 0 Å². The molecule has 0 spiro atoms. The lowest BCUT2D eigenvalue weighted by atomic mass is 10.2. The van der Waals surface area contributed by atoms with Gasteiger partial charge in [-0.05, 0) is 24.3 Å². The summed E-state index contributed by atoms with van der Waals surface area (Å²) in [4.78, 5) is 12.3. The van der Waals surface area contributed by atoms with E-state index in [1.165, 1.54) is 6.07 Å². The first kappa shape index (κ1) is 16.5. The Morgan fingerprint density at radius 2 is 1.85 bits per heavy atom. The maximum Gasteiger partial charge on any atom is 0.363 e. The summed E-state index contributed by atoms with van der Waals surface area (Å²) in [5, 5.41) is 3.46. The van der Waals surface area contributed by atoms with Crippen LogP contribution in [0.5, 0.6) is 0 Å². The van der Waals surface area contributed by atoms with E-state index in [0.717, 1.165) is 11.7 Å². The molecule has 26 heavy (non-hydrogen) atoms. The number of rotatable bonds is 4. The van der Waals surface area contributed by atoms with Crippen molar-refractivity contribution in [3.8, 4) is 0 Å². The predicted octanol–water partition coefficient (Wildman–Crippen LogP) is 2.64. The summed E-state index contributed by atoms with van der Waals surface area (Å²) < 4.78 is 41.4. The number of fused-ring (bicyclic) bond motifs is 2. The Labute approximate surface area is 151 Å². The fourth-order valence-corrected chi connectivity index (χ4v) is 4.52. The van der Waals surface area contributed by atoms with E-state index in [9.17, 15) is 13.2 Å². The number of hydrogen-bond acceptors (Lipinski definition) is 8. The van der Waals surface area contributed by atoms with Crippen LogP contribution < -0.4 is 15.7 Å². The van der Waals surface area contributed by atoms with Gasteiger partial charge in [0.1, 0.15) is 21.5 Å². The average molecular weight is 388 g/mol. The molecule has 2 N–H and O–H groups in total. The van der Waals surface area contributed by atoms with Gasteiger partial charge in [0.05, 0.1) is 17.4 Å². The molecule has 0 saturated heterocycles. The minimum absolute atomic E-state index is 0.0571. The highest BCUT2D eigenvalue weighted by Gasteiger charge is 2.24. The van der Waals surface area contributed by atoms with Gasteiger partial charge in [0.15, 0.2) is 5.69 Å². The molecule has 0 aliphatic heterocycles. The van der Waals surface area contributed by atoms with E-state index in [1.807, 2.05) is 0 Å². The topological polar surface area (TPSA) is 114 Å². The first-order valence-corrected chi connectivity index (χ1v) is 9.70. The molecule has 8 nitrogen and oxygen atoms in total. The van der Waals surface area contributed by atoms with Crippen molar-refractivity contribution in [1.29, 1.82) is 0 Å². The number of nitrogens with zero attached hydrogens (tertiary/aromatic N) is 2. The predicted molar refractivity (Wildman–Crippen MR) is 100 cm³/mol. The lowest BCUT2D eigenvalue weighted by Crippen LogP contribution is -2.20. The molecule has 0 saturated carbocycles. The van der Waals surface area contributed by atoms with Gasteiger partial charge >= 0.3 is 5.63 Å². The SMILES string of the molecule is CNc1c(NS(=O)(=O)c2cccc3nsnc23)c(=O)oc2ccccc12. The Hall–Kier alpha value is -2.98. The highest BCUT2D eigenvalue weighted by atomic mass is 32.2. The summed E-state index contributed by atoms with van der Waals surface area (Å²) in [5.41, 5.74) is 0.435. The fourth-order valence-electron chi connectivity index (χ4n) is 2.69. The van der Waals surface area contributed by atoms with Crippen molar-refractivity contribution >= 4 is 55.1 Å². The number of aromatic nitrogens is 2. The molecule has 0 amide bonds. The minimum atomic E-state index is -4.08. The zero-order valence-electron chi connectivity index (χ0n) is 13.4.